The molecular formula is C11H17N3O2. The fraction of sp³-hybridized carbons (Fsp3) is 0.455. The van der Waals surface area contributed by atoms with E-state index in [0.29, 0.717) is 5.82 Å². The maximum absolute atomic E-state index is 11.3. The van der Waals surface area contributed by atoms with Crippen LogP contribution in [-0.4, -0.2) is 18.1 Å². The van der Waals surface area contributed by atoms with Gasteiger partial charge in [-0.05, 0) is 11.5 Å². The van der Waals surface area contributed by atoms with E-state index in [9.17, 15) is 4.79 Å². The van der Waals surface area contributed by atoms with E-state index in [-0.39, 0.29) is 5.41 Å². The molecule has 2 N–H and O–H groups in total. The Kier molecular flexibility index (Phi) is 3.84. The number of carbonyl (C=O) groups is 1. The maximum Gasteiger partial charge on any atom is 0.344 e. The van der Waals surface area contributed by atoms with Gasteiger partial charge in [-0.2, -0.15) is 0 Å². The maximum atomic E-state index is 11.3. The van der Waals surface area contributed by atoms with Crippen LogP contribution in [0.25, 0.3) is 0 Å². The third kappa shape index (κ3) is 3.20. The van der Waals surface area contributed by atoms with E-state index >= 15 is 0 Å². The summed E-state index contributed by atoms with van der Waals surface area (Å²) in [6, 6.07) is 3.35. The number of pyridine rings is 1. The van der Waals surface area contributed by atoms with Crippen LogP contribution >= 0.6 is 0 Å². The molecule has 0 aliphatic rings. The first-order valence-electron chi connectivity index (χ1n) is 5.00. The summed E-state index contributed by atoms with van der Waals surface area (Å²) >= 11 is 0. The second-order valence-electron chi connectivity index (χ2n) is 4.41. The van der Waals surface area contributed by atoms with E-state index in [1.54, 1.807) is 6.20 Å². The molecule has 0 unspecified atom stereocenters. The van der Waals surface area contributed by atoms with Gasteiger partial charge in [-0.15, -0.1) is 0 Å². The summed E-state index contributed by atoms with van der Waals surface area (Å²) in [5.41, 5.74) is 3.08. The van der Waals surface area contributed by atoms with Gasteiger partial charge in [-0.1, -0.05) is 26.8 Å². The first kappa shape index (κ1) is 12.4. The summed E-state index contributed by atoms with van der Waals surface area (Å²) in [4.78, 5) is 20.0. The van der Waals surface area contributed by atoms with Crippen LogP contribution in [-0.2, 0) is 10.3 Å². The van der Waals surface area contributed by atoms with Gasteiger partial charge in [0.25, 0.3) is 0 Å². The van der Waals surface area contributed by atoms with Gasteiger partial charge in [0.2, 0.25) is 0 Å². The topological polar surface area (TPSA) is 63.2 Å². The van der Waals surface area contributed by atoms with Crippen LogP contribution in [0.15, 0.2) is 18.3 Å². The number of nitrogens with one attached hydrogen (secondary N) is 2. The van der Waals surface area contributed by atoms with Gasteiger partial charge in [-0.25, -0.2) is 15.3 Å². The van der Waals surface area contributed by atoms with Gasteiger partial charge in [0.15, 0.2) is 0 Å². The molecule has 5 nitrogen and oxygen atoms in total. The SMILES string of the molecule is CONC(=O)Nc1ncccc1C(C)(C)C. The molecule has 2 amide bonds. The quantitative estimate of drug-likeness (QED) is 0.754. The minimum Gasteiger partial charge on any atom is -0.290 e. The largest absolute Gasteiger partial charge is 0.344 e. The first-order chi connectivity index (χ1) is 7.45. The van der Waals surface area contributed by atoms with Crippen LogP contribution in [0.2, 0.25) is 0 Å². The highest BCUT2D eigenvalue weighted by Gasteiger charge is 2.19. The summed E-state index contributed by atoms with van der Waals surface area (Å²) in [6.07, 6.45) is 1.64. The minimum absolute atomic E-state index is 0.0794. The highest BCUT2D eigenvalue weighted by Crippen LogP contribution is 2.27. The Hall–Kier alpha value is -1.62. The molecule has 0 saturated heterocycles. The zero-order chi connectivity index (χ0) is 12.2. The third-order valence-corrected chi connectivity index (χ3v) is 2.04. The predicted molar refractivity (Wildman–Crippen MR) is 62.1 cm³/mol. The standard InChI is InChI=1S/C11H17N3O2/c1-11(2,3)8-6-5-7-12-9(8)13-10(15)14-16-4/h5-7H,1-4H3,(H2,12,13,14,15). The molecule has 0 bridgehead atoms. The molecule has 0 spiro atoms. The second-order valence-corrected chi connectivity index (χ2v) is 4.41. The highest BCUT2D eigenvalue weighted by molar-refractivity contribution is 5.88. The Labute approximate surface area is 95.2 Å². The van der Waals surface area contributed by atoms with Crippen LogP contribution in [0.1, 0.15) is 26.3 Å². The van der Waals surface area contributed by atoms with Gasteiger partial charge in [0, 0.05) is 11.8 Å². The monoisotopic (exact) mass is 223 g/mol. The van der Waals surface area contributed by atoms with Crippen molar-refractivity contribution < 1.29 is 9.63 Å². The fourth-order valence-electron chi connectivity index (χ4n) is 1.34. The number of hydroxylamine groups is 1. The molecule has 0 atom stereocenters. The molecule has 0 fully saturated rings. The minimum atomic E-state index is -0.438. The number of urea groups is 1. The molecule has 88 valence electrons. The number of rotatable bonds is 2. The van der Waals surface area contributed by atoms with Gasteiger partial charge in [0.1, 0.15) is 5.82 Å². The van der Waals surface area contributed by atoms with Gasteiger partial charge < -0.3 is 0 Å². The molecule has 0 aliphatic heterocycles. The number of hydrogen-bond acceptors (Lipinski definition) is 3. The Morgan fingerprint density at radius 3 is 2.69 bits per heavy atom. The molecular weight excluding hydrogens is 206 g/mol. The van der Waals surface area contributed by atoms with Crippen LogP contribution in [0, 0.1) is 0 Å². The molecule has 0 aromatic carbocycles. The summed E-state index contributed by atoms with van der Waals surface area (Å²) < 4.78 is 0. The van der Waals surface area contributed by atoms with Crippen molar-refractivity contribution in [2.45, 2.75) is 26.2 Å². The van der Waals surface area contributed by atoms with Crippen molar-refractivity contribution in [1.82, 2.24) is 10.5 Å². The average molecular weight is 223 g/mol. The van der Waals surface area contributed by atoms with Crippen molar-refractivity contribution in [3.05, 3.63) is 23.9 Å². The molecule has 1 aromatic rings. The molecule has 5 heteroatoms. The van der Waals surface area contributed by atoms with Gasteiger partial charge >= 0.3 is 6.03 Å². The zero-order valence-corrected chi connectivity index (χ0v) is 10.00. The first-order valence-corrected chi connectivity index (χ1v) is 5.00. The number of amides is 2. The summed E-state index contributed by atoms with van der Waals surface area (Å²) in [5.74, 6) is 0.546. The molecule has 1 heterocycles. The summed E-state index contributed by atoms with van der Waals surface area (Å²) in [5, 5.41) is 2.63. The average Bonchev–Trinajstić information content (AvgIpc) is 2.17. The van der Waals surface area contributed by atoms with Gasteiger partial charge in [-0.3, -0.25) is 10.2 Å². The molecule has 1 rings (SSSR count). The van der Waals surface area contributed by atoms with Crippen LogP contribution in [0.3, 0.4) is 0 Å². The van der Waals surface area contributed by atoms with E-state index < -0.39 is 6.03 Å². The normalized spacial score (nSPS) is 11.0. The Morgan fingerprint density at radius 2 is 2.12 bits per heavy atom. The lowest BCUT2D eigenvalue weighted by atomic mass is 9.87. The number of carbonyl (C=O) groups excluding carboxylic acids is 1. The van der Waals surface area contributed by atoms with E-state index in [2.05, 4.69) is 41.4 Å². The predicted octanol–water partition coefficient (Wildman–Crippen LogP) is 2.06. The summed E-state index contributed by atoms with van der Waals surface area (Å²) in [6.45, 7) is 6.18. The lowest BCUT2D eigenvalue weighted by molar-refractivity contribution is 0.114. The smallest absolute Gasteiger partial charge is 0.290 e. The van der Waals surface area contributed by atoms with Crippen molar-refractivity contribution in [2.75, 3.05) is 12.4 Å². The molecule has 0 radical (unpaired) electrons. The van der Waals surface area contributed by atoms with Crippen LogP contribution in [0.4, 0.5) is 10.6 Å². The lowest BCUT2D eigenvalue weighted by Crippen LogP contribution is -2.29. The van der Waals surface area contributed by atoms with Crippen molar-refractivity contribution in [3.63, 3.8) is 0 Å². The van der Waals surface area contributed by atoms with E-state index in [1.165, 1.54) is 7.11 Å². The number of hydrogen-bond donors (Lipinski definition) is 2. The highest BCUT2D eigenvalue weighted by atomic mass is 16.6. The van der Waals surface area contributed by atoms with E-state index in [1.807, 2.05) is 12.1 Å². The molecule has 0 aliphatic carbocycles. The molecule has 16 heavy (non-hydrogen) atoms. The van der Waals surface area contributed by atoms with E-state index in [0.717, 1.165) is 5.56 Å². The van der Waals surface area contributed by atoms with Crippen LogP contribution in [0.5, 0.6) is 0 Å². The van der Waals surface area contributed by atoms with Crippen molar-refractivity contribution in [1.29, 1.82) is 0 Å². The van der Waals surface area contributed by atoms with Crippen molar-refractivity contribution >= 4 is 11.8 Å². The second kappa shape index (κ2) is 4.94. The van der Waals surface area contributed by atoms with Gasteiger partial charge in [0.05, 0.1) is 7.11 Å². The Morgan fingerprint density at radius 1 is 1.44 bits per heavy atom. The molecule has 1 aromatic heterocycles. The lowest BCUT2D eigenvalue weighted by Gasteiger charge is -2.21. The Bertz CT molecular complexity index is 372. The number of nitrogens with zero attached hydrogens (tertiary/aromatic N) is 1. The fourth-order valence-corrected chi connectivity index (χ4v) is 1.34. The van der Waals surface area contributed by atoms with Crippen molar-refractivity contribution in [3.8, 4) is 0 Å². The van der Waals surface area contributed by atoms with Crippen LogP contribution < -0.4 is 10.8 Å². The zero-order valence-electron chi connectivity index (χ0n) is 10.00. The van der Waals surface area contributed by atoms with Crippen molar-refractivity contribution in [2.24, 2.45) is 0 Å². The number of anilines is 1. The molecule has 0 saturated carbocycles. The number of aromatic nitrogens is 1. The van der Waals surface area contributed by atoms with E-state index in [4.69, 9.17) is 0 Å². The Balaban J connectivity index is 2.92. The summed E-state index contributed by atoms with van der Waals surface area (Å²) in [7, 11) is 1.38. The third-order valence-electron chi connectivity index (χ3n) is 2.04.